The van der Waals surface area contributed by atoms with Crippen LogP contribution in [0.1, 0.15) is 95.3 Å². The number of methoxy groups -OCH3 is 1. The van der Waals surface area contributed by atoms with Gasteiger partial charge in [0, 0.05) is 18.3 Å². The zero-order valence-corrected chi connectivity index (χ0v) is 23.0. The van der Waals surface area contributed by atoms with E-state index in [4.69, 9.17) is 9.47 Å². The first kappa shape index (κ1) is 26.4. The van der Waals surface area contributed by atoms with E-state index < -0.39 is 0 Å². The topological polar surface area (TPSA) is 69.7 Å². The monoisotopic (exact) mass is 508 g/mol. The van der Waals surface area contributed by atoms with Crippen molar-refractivity contribution in [1.29, 1.82) is 0 Å². The maximum atomic E-state index is 14.0. The van der Waals surface area contributed by atoms with E-state index in [1.807, 2.05) is 30.3 Å². The molecule has 5 rings (SSSR count). The van der Waals surface area contributed by atoms with Crippen molar-refractivity contribution in [2.24, 2.45) is 46.3 Å². The van der Waals surface area contributed by atoms with E-state index in [0.29, 0.717) is 59.7 Å². The molecule has 202 valence electrons. The molecule has 2 unspecified atom stereocenters. The van der Waals surface area contributed by atoms with Gasteiger partial charge in [-0.15, -0.1) is 0 Å². The molecule has 9 atom stereocenters. The van der Waals surface area contributed by atoms with Crippen LogP contribution < -0.4 is 0 Å². The van der Waals surface area contributed by atoms with Gasteiger partial charge in [0.05, 0.1) is 12.7 Å². The second-order valence-corrected chi connectivity index (χ2v) is 13.0. The highest BCUT2D eigenvalue weighted by Crippen LogP contribution is 2.67. The standard InChI is InChI=1S/C32H44O5/c1-20(10-15-29(34)36-4)25-13-14-26-24-12-11-22-18-23(37-30(35)21-8-6-5-7-9-21)16-17-31(22,2)27(24)19-28(33)32(25,26)3/h5-9,20,22-27H,10-19H2,1-4H3/t20-,22?,23?,24+,25-,26+,27+,31+,32-/m1/s1. The molecular formula is C32H44O5. The first-order valence-corrected chi connectivity index (χ1v) is 14.5. The lowest BCUT2D eigenvalue weighted by atomic mass is 9.44. The van der Waals surface area contributed by atoms with Gasteiger partial charge in [0.15, 0.2) is 0 Å². The Labute approximate surface area is 222 Å². The number of ether oxygens (including phenoxy) is 2. The Balaban J connectivity index is 1.27. The summed E-state index contributed by atoms with van der Waals surface area (Å²) in [6.07, 6.45) is 9.31. The number of carbonyl (C=O) groups excluding carboxylic acids is 3. The van der Waals surface area contributed by atoms with Gasteiger partial charge in [-0.2, -0.15) is 0 Å². The second-order valence-electron chi connectivity index (χ2n) is 13.0. The van der Waals surface area contributed by atoms with Crippen molar-refractivity contribution in [3.8, 4) is 0 Å². The SMILES string of the molecule is COC(=O)CC[C@@H](C)[C@H]1CC[C@H]2[C@@H]3CCC4CC(OC(=O)c5ccccc5)CC[C@]4(C)[C@H]3CC(=O)[C@]12C. The molecule has 0 saturated heterocycles. The highest BCUT2D eigenvalue weighted by Gasteiger charge is 2.64. The molecule has 0 radical (unpaired) electrons. The van der Waals surface area contributed by atoms with Gasteiger partial charge in [-0.05, 0) is 104 Å². The van der Waals surface area contributed by atoms with E-state index >= 15 is 0 Å². The van der Waals surface area contributed by atoms with Crippen LogP contribution in [-0.4, -0.2) is 30.9 Å². The van der Waals surface area contributed by atoms with Crippen molar-refractivity contribution in [1.82, 2.24) is 0 Å². The molecule has 0 aromatic heterocycles. The maximum absolute atomic E-state index is 14.0. The van der Waals surface area contributed by atoms with Gasteiger partial charge >= 0.3 is 11.9 Å². The third-order valence-electron chi connectivity index (χ3n) is 11.6. The summed E-state index contributed by atoms with van der Waals surface area (Å²) in [6.45, 7) is 6.93. The summed E-state index contributed by atoms with van der Waals surface area (Å²) in [6, 6.07) is 9.29. The van der Waals surface area contributed by atoms with Crippen molar-refractivity contribution < 1.29 is 23.9 Å². The number of Topliss-reactive ketones (excluding diaryl/α,β-unsaturated/α-hetero) is 1. The quantitative estimate of drug-likeness (QED) is 0.403. The highest BCUT2D eigenvalue weighted by molar-refractivity contribution is 5.89. The third-order valence-corrected chi connectivity index (χ3v) is 11.6. The largest absolute Gasteiger partial charge is 0.469 e. The molecule has 1 aromatic carbocycles. The van der Waals surface area contributed by atoms with E-state index in [0.717, 1.165) is 38.5 Å². The summed E-state index contributed by atoms with van der Waals surface area (Å²) >= 11 is 0. The minimum absolute atomic E-state index is 0.0292. The fourth-order valence-corrected chi connectivity index (χ4v) is 9.42. The average molecular weight is 509 g/mol. The molecule has 4 aliphatic rings. The number of hydrogen-bond acceptors (Lipinski definition) is 5. The predicted molar refractivity (Wildman–Crippen MR) is 142 cm³/mol. The van der Waals surface area contributed by atoms with Crippen LogP contribution in [0, 0.1) is 46.3 Å². The predicted octanol–water partition coefficient (Wildman–Crippen LogP) is 6.64. The zero-order chi connectivity index (χ0) is 26.4. The third kappa shape index (κ3) is 4.55. The lowest BCUT2D eigenvalue weighted by Gasteiger charge is -2.60. The Bertz CT molecular complexity index is 1020. The molecule has 1 aromatic rings. The Kier molecular flexibility index (Phi) is 7.28. The van der Waals surface area contributed by atoms with E-state index in [1.54, 1.807) is 0 Å². The van der Waals surface area contributed by atoms with Crippen LogP contribution in [0.4, 0.5) is 0 Å². The van der Waals surface area contributed by atoms with Crippen LogP contribution in [0.25, 0.3) is 0 Å². The average Bonchev–Trinajstić information content (AvgIpc) is 3.27. The fraction of sp³-hybridized carbons (Fsp3) is 0.719. The zero-order valence-electron chi connectivity index (χ0n) is 23.0. The molecule has 4 saturated carbocycles. The van der Waals surface area contributed by atoms with Crippen molar-refractivity contribution in [2.75, 3.05) is 7.11 Å². The van der Waals surface area contributed by atoms with Gasteiger partial charge in [-0.1, -0.05) is 39.0 Å². The Morgan fingerprint density at radius 2 is 1.78 bits per heavy atom. The summed E-state index contributed by atoms with van der Waals surface area (Å²) in [4.78, 5) is 38.4. The summed E-state index contributed by atoms with van der Waals surface area (Å²) in [7, 11) is 1.45. The molecule has 37 heavy (non-hydrogen) atoms. The van der Waals surface area contributed by atoms with E-state index in [9.17, 15) is 14.4 Å². The minimum atomic E-state index is -0.262. The molecular weight excluding hydrogens is 464 g/mol. The molecule has 0 aliphatic heterocycles. The fourth-order valence-electron chi connectivity index (χ4n) is 9.42. The Hall–Kier alpha value is -2.17. The normalized spacial score (nSPS) is 39.6. The van der Waals surface area contributed by atoms with Crippen LogP contribution in [0.5, 0.6) is 0 Å². The van der Waals surface area contributed by atoms with Crippen LogP contribution in [-0.2, 0) is 19.1 Å². The number of ketones is 1. The number of esters is 2. The molecule has 0 spiro atoms. The molecule has 4 fully saturated rings. The van der Waals surface area contributed by atoms with E-state index in [-0.39, 0.29) is 28.9 Å². The lowest BCUT2D eigenvalue weighted by Crippen LogP contribution is -2.57. The van der Waals surface area contributed by atoms with Crippen molar-refractivity contribution in [2.45, 2.75) is 91.1 Å². The molecule has 0 amide bonds. The molecule has 0 N–H and O–H groups in total. The summed E-state index contributed by atoms with van der Waals surface area (Å²) in [5.41, 5.74) is 0.500. The first-order valence-electron chi connectivity index (χ1n) is 14.5. The number of hydrogen-bond donors (Lipinski definition) is 0. The van der Waals surface area contributed by atoms with E-state index in [2.05, 4.69) is 20.8 Å². The van der Waals surface area contributed by atoms with Gasteiger partial charge < -0.3 is 9.47 Å². The number of benzene rings is 1. The van der Waals surface area contributed by atoms with Crippen LogP contribution in [0.2, 0.25) is 0 Å². The van der Waals surface area contributed by atoms with Crippen molar-refractivity contribution in [3.05, 3.63) is 35.9 Å². The van der Waals surface area contributed by atoms with Gasteiger partial charge in [0.1, 0.15) is 11.9 Å². The van der Waals surface area contributed by atoms with Crippen LogP contribution >= 0.6 is 0 Å². The molecule has 5 heteroatoms. The summed E-state index contributed by atoms with van der Waals surface area (Å²) < 4.78 is 10.8. The van der Waals surface area contributed by atoms with Gasteiger partial charge in [-0.25, -0.2) is 4.79 Å². The van der Waals surface area contributed by atoms with Gasteiger partial charge in [-0.3, -0.25) is 9.59 Å². The molecule has 5 nitrogen and oxygen atoms in total. The van der Waals surface area contributed by atoms with Crippen LogP contribution in [0.3, 0.4) is 0 Å². The lowest BCUT2D eigenvalue weighted by molar-refractivity contribution is -0.160. The summed E-state index contributed by atoms with van der Waals surface area (Å²) in [5.74, 6) is 2.79. The number of fused-ring (bicyclic) bond motifs is 5. The van der Waals surface area contributed by atoms with Gasteiger partial charge in [0.25, 0.3) is 0 Å². The van der Waals surface area contributed by atoms with Crippen molar-refractivity contribution >= 4 is 17.7 Å². The Morgan fingerprint density at radius 1 is 1.03 bits per heavy atom. The van der Waals surface area contributed by atoms with Gasteiger partial charge in [0.2, 0.25) is 0 Å². The first-order chi connectivity index (χ1) is 17.7. The maximum Gasteiger partial charge on any atom is 0.338 e. The molecule has 0 bridgehead atoms. The number of rotatable bonds is 6. The van der Waals surface area contributed by atoms with E-state index in [1.165, 1.54) is 20.0 Å². The Morgan fingerprint density at radius 3 is 2.51 bits per heavy atom. The highest BCUT2D eigenvalue weighted by atomic mass is 16.5. The number of carbonyl (C=O) groups is 3. The molecule has 0 heterocycles. The molecule has 4 aliphatic carbocycles. The van der Waals surface area contributed by atoms with Crippen molar-refractivity contribution in [3.63, 3.8) is 0 Å². The smallest absolute Gasteiger partial charge is 0.338 e. The minimum Gasteiger partial charge on any atom is -0.469 e. The second kappa shape index (κ2) is 10.2. The van der Waals surface area contributed by atoms with Crippen LogP contribution in [0.15, 0.2) is 30.3 Å². The summed E-state index contributed by atoms with van der Waals surface area (Å²) in [5, 5.41) is 0.